The third kappa shape index (κ3) is 6.37. The van der Waals surface area contributed by atoms with E-state index in [0.717, 1.165) is 12.8 Å². The molecule has 0 aliphatic carbocycles. The number of piperidine rings is 1. The second-order valence-corrected chi connectivity index (χ2v) is 7.90. The normalized spacial score (nSPS) is 18.0. The van der Waals surface area contributed by atoms with Gasteiger partial charge in [-0.05, 0) is 45.4 Å². The van der Waals surface area contributed by atoms with Gasteiger partial charge < -0.3 is 20.3 Å². The fourth-order valence-corrected chi connectivity index (χ4v) is 2.64. The number of likely N-dealkylation sites (tertiary alicyclic amines) is 1. The first kappa shape index (κ1) is 19.7. The summed E-state index contributed by atoms with van der Waals surface area (Å²) in [5.41, 5.74) is 5.46. The van der Waals surface area contributed by atoms with Crippen molar-refractivity contribution in [2.24, 2.45) is 17.6 Å². The third-order valence-electron chi connectivity index (χ3n) is 4.18. The number of carbonyl (C=O) groups is 2. The van der Waals surface area contributed by atoms with Crippen molar-refractivity contribution < 1.29 is 14.3 Å². The molecule has 6 heteroatoms. The van der Waals surface area contributed by atoms with Gasteiger partial charge >= 0.3 is 6.09 Å². The van der Waals surface area contributed by atoms with Crippen LogP contribution in [0.5, 0.6) is 0 Å². The summed E-state index contributed by atoms with van der Waals surface area (Å²) in [5, 5.41) is 0. The molecule has 6 nitrogen and oxygen atoms in total. The highest BCUT2D eigenvalue weighted by Crippen LogP contribution is 2.20. The van der Waals surface area contributed by atoms with Crippen LogP contribution in [0.15, 0.2) is 0 Å². The van der Waals surface area contributed by atoms with Crippen molar-refractivity contribution in [1.29, 1.82) is 0 Å². The summed E-state index contributed by atoms with van der Waals surface area (Å²) in [6, 6.07) is -0.443. The Morgan fingerprint density at radius 1 is 1.26 bits per heavy atom. The zero-order valence-corrected chi connectivity index (χ0v) is 15.5. The Labute approximate surface area is 140 Å². The predicted octanol–water partition coefficient (Wildman–Crippen LogP) is 2.08. The molecule has 0 radical (unpaired) electrons. The highest BCUT2D eigenvalue weighted by molar-refractivity contribution is 5.81. The minimum absolute atomic E-state index is 0.00503. The molecule has 1 heterocycles. The van der Waals surface area contributed by atoms with E-state index >= 15 is 0 Å². The number of carbonyl (C=O) groups excluding carboxylic acids is 2. The first-order chi connectivity index (χ1) is 10.5. The molecule has 0 saturated carbocycles. The van der Waals surface area contributed by atoms with Crippen molar-refractivity contribution in [3.63, 3.8) is 0 Å². The van der Waals surface area contributed by atoms with Crippen molar-refractivity contribution in [1.82, 2.24) is 9.80 Å². The van der Waals surface area contributed by atoms with E-state index in [-0.39, 0.29) is 17.9 Å². The van der Waals surface area contributed by atoms with Crippen LogP contribution in [0.25, 0.3) is 0 Å². The van der Waals surface area contributed by atoms with Gasteiger partial charge in [-0.1, -0.05) is 13.8 Å². The van der Waals surface area contributed by atoms with Crippen molar-refractivity contribution in [3.05, 3.63) is 0 Å². The Morgan fingerprint density at radius 3 is 2.22 bits per heavy atom. The highest BCUT2D eigenvalue weighted by atomic mass is 16.6. The van der Waals surface area contributed by atoms with Gasteiger partial charge in [0.2, 0.25) is 5.91 Å². The van der Waals surface area contributed by atoms with Gasteiger partial charge in [0.25, 0.3) is 0 Å². The zero-order chi connectivity index (χ0) is 17.8. The highest BCUT2D eigenvalue weighted by Gasteiger charge is 2.29. The number of nitrogens with zero attached hydrogens (tertiary/aromatic N) is 2. The summed E-state index contributed by atoms with van der Waals surface area (Å²) in [6.07, 6.45) is 1.52. The summed E-state index contributed by atoms with van der Waals surface area (Å²) in [7, 11) is 1.81. The quantitative estimate of drug-likeness (QED) is 0.857. The number of ether oxygens (including phenoxy) is 1. The minimum Gasteiger partial charge on any atom is -0.444 e. The molecule has 0 unspecified atom stereocenters. The summed E-state index contributed by atoms with van der Waals surface area (Å²) in [5.74, 6) is 0.538. The maximum absolute atomic E-state index is 12.2. The lowest BCUT2D eigenvalue weighted by molar-refractivity contribution is -0.133. The lowest BCUT2D eigenvalue weighted by atomic mass is 9.96. The summed E-state index contributed by atoms with van der Waals surface area (Å²) < 4.78 is 5.40. The van der Waals surface area contributed by atoms with E-state index < -0.39 is 11.6 Å². The van der Waals surface area contributed by atoms with Gasteiger partial charge in [-0.3, -0.25) is 4.79 Å². The largest absolute Gasteiger partial charge is 0.444 e. The van der Waals surface area contributed by atoms with E-state index in [1.807, 2.05) is 41.7 Å². The van der Waals surface area contributed by atoms with Gasteiger partial charge in [0, 0.05) is 26.7 Å². The summed E-state index contributed by atoms with van der Waals surface area (Å²) >= 11 is 0. The Hall–Kier alpha value is -1.30. The van der Waals surface area contributed by atoms with Crippen LogP contribution in [-0.2, 0) is 9.53 Å². The van der Waals surface area contributed by atoms with Gasteiger partial charge in [-0.15, -0.1) is 0 Å². The molecule has 0 aromatic rings. The minimum atomic E-state index is -0.465. The lowest BCUT2D eigenvalue weighted by Gasteiger charge is -2.35. The average molecular weight is 327 g/mol. The Morgan fingerprint density at radius 2 is 1.78 bits per heavy atom. The van der Waals surface area contributed by atoms with Gasteiger partial charge in [0.15, 0.2) is 0 Å². The topological polar surface area (TPSA) is 75.9 Å². The van der Waals surface area contributed by atoms with Crippen LogP contribution < -0.4 is 5.73 Å². The Balaban J connectivity index is 2.42. The van der Waals surface area contributed by atoms with E-state index in [2.05, 4.69) is 0 Å². The van der Waals surface area contributed by atoms with Gasteiger partial charge in [-0.2, -0.15) is 0 Å². The van der Waals surface area contributed by atoms with E-state index in [0.29, 0.717) is 25.6 Å². The van der Waals surface area contributed by atoms with Crippen LogP contribution >= 0.6 is 0 Å². The van der Waals surface area contributed by atoms with E-state index in [1.165, 1.54) is 0 Å². The van der Waals surface area contributed by atoms with Crippen molar-refractivity contribution >= 4 is 12.0 Å². The maximum Gasteiger partial charge on any atom is 0.410 e. The first-order valence-corrected chi connectivity index (χ1v) is 8.49. The molecule has 1 atom stereocenters. The van der Waals surface area contributed by atoms with Crippen LogP contribution in [0, 0.1) is 11.8 Å². The Kier molecular flexibility index (Phi) is 6.86. The fraction of sp³-hybridized carbons (Fsp3) is 0.882. The number of nitrogens with two attached hydrogens (primary N) is 1. The molecular formula is C17H33N3O3. The molecule has 1 fully saturated rings. The first-order valence-electron chi connectivity index (χ1n) is 8.49. The van der Waals surface area contributed by atoms with E-state index in [1.54, 1.807) is 9.80 Å². The van der Waals surface area contributed by atoms with Crippen LogP contribution in [0.2, 0.25) is 0 Å². The number of hydrogen-bond donors (Lipinski definition) is 1. The second-order valence-electron chi connectivity index (χ2n) is 7.90. The molecule has 134 valence electrons. The van der Waals surface area contributed by atoms with Crippen molar-refractivity contribution in [3.8, 4) is 0 Å². The number of hydrogen-bond acceptors (Lipinski definition) is 4. The molecule has 2 N–H and O–H groups in total. The molecule has 2 amide bonds. The smallest absolute Gasteiger partial charge is 0.410 e. The molecular weight excluding hydrogens is 294 g/mol. The number of rotatable bonds is 4. The third-order valence-corrected chi connectivity index (χ3v) is 4.18. The predicted molar refractivity (Wildman–Crippen MR) is 91.0 cm³/mol. The molecule has 1 rings (SSSR count). The molecule has 1 aliphatic rings. The molecule has 0 spiro atoms. The van der Waals surface area contributed by atoms with E-state index in [9.17, 15) is 9.59 Å². The summed E-state index contributed by atoms with van der Waals surface area (Å²) in [6.45, 7) is 11.6. The molecule has 0 aromatic carbocycles. The monoisotopic (exact) mass is 327 g/mol. The van der Waals surface area contributed by atoms with Crippen LogP contribution in [0.3, 0.4) is 0 Å². The molecule has 1 saturated heterocycles. The van der Waals surface area contributed by atoms with Crippen LogP contribution in [0.1, 0.15) is 47.5 Å². The average Bonchev–Trinajstić information content (AvgIpc) is 2.44. The fourth-order valence-electron chi connectivity index (χ4n) is 2.64. The van der Waals surface area contributed by atoms with Gasteiger partial charge in [-0.25, -0.2) is 4.79 Å². The molecule has 0 bridgehead atoms. The molecule has 0 aromatic heterocycles. The van der Waals surface area contributed by atoms with Crippen LogP contribution in [0.4, 0.5) is 4.79 Å². The lowest BCUT2D eigenvalue weighted by Crippen LogP contribution is -2.48. The SMILES string of the molecule is CC(C)[C@H](N)C(=O)N(C)CC1CCN(C(=O)OC(C)(C)C)CC1. The van der Waals surface area contributed by atoms with E-state index in [4.69, 9.17) is 10.5 Å². The zero-order valence-electron chi connectivity index (χ0n) is 15.5. The second kappa shape index (κ2) is 7.99. The molecule has 1 aliphatic heterocycles. The van der Waals surface area contributed by atoms with Gasteiger partial charge in [0.05, 0.1) is 6.04 Å². The van der Waals surface area contributed by atoms with Crippen LogP contribution in [-0.4, -0.2) is 60.1 Å². The van der Waals surface area contributed by atoms with Gasteiger partial charge in [0.1, 0.15) is 5.60 Å². The summed E-state index contributed by atoms with van der Waals surface area (Å²) in [4.78, 5) is 27.7. The Bertz CT molecular complexity index is 410. The number of amides is 2. The van der Waals surface area contributed by atoms with Crippen molar-refractivity contribution in [2.75, 3.05) is 26.7 Å². The maximum atomic E-state index is 12.2. The number of likely N-dealkylation sites (N-methyl/N-ethyl adjacent to an activating group) is 1. The standard InChI is InChI=1S/C17H33N3O3/c1-12(2)14(18)15(21)19(6)11-13-7-9-20(10-8-13)16(22)23-17(3,4)5/h12-14H,7-11,18H2,1-6H3/t14-/m0/s1. The van der Waals surface area contributed by atoms with Crippen molar-refractivity contribution in [2.45, 2.75) is 59.1 Å². The molecule has 23 heavy (non-hydrogen) atoms.